The Morgan fingerprint density at radius 2 is 1.84 bits per heavy atom. The van der Waals surface area contributed by atoms with Crippen molar-refractivity contribution in [2.75, 3.05) is 4.90 Å². The van der Waals surface area contributed by atoms with Crippen LogP contribution in [0.25, 0.3) is 10.8 Å². The van der Waals surface area contributed by atoms with Gasteiger partial charge in [-0.1, -0.05) is 30.4 Å². The summed E-state index contributed by atoms with van der Waals surface area (Å²) in [6.07, 6.45) is 3.04. The molecule has 1 unspecified atom stereocenters. The molecule has 0 aromatic heterocycles. The number of allylic oxidation sites excluding steroid dienone is 1. The average Bonchev–Trinajstić information content (AvgIpc) is 2.85. The van der Waals surface area contributed by atoms with E-state index in [9.17, 15) is 19.5 Å². The number of amides is 2. The molecule has 25 heavy (non-hydrogen) atoms. The van der Waals surface area contributed by atoms with Gasteiger partial charge >= 0.3 is 5.97 Å². The molecule has 2 aromatic carbocycles. The largest absolute Gasteiger partial charge is 0.508 e. The molecule has 1 fully saturated rings. The Hall–Kier alpha value is -3.41. The maximum atomic E-state index is 12.8. The van der Waals surface area contributed by atoms with Gasteiger partial charge in [-0.2, -0.15) is 0 Å². The number of phenols is 1. The van der Waals surface area contributed by atoms with E-state index in [4.69, 9.17) is 5.11 Å². The Labute approximate surface area is 142 Å². The molecule has 2 amide bonds. The zero-order valence-corrected chi connectivity index (χ0v) is 13.0. The van der Waals surface area contributed by atoms with Crippen LogP contribution in [0.1, 0.15) is 6.42 Å². The lowest BCUT2D eigenvalue weighted by atomic mass is 9.92. The first-order valence-electron chi connectivity index (χ1n) is 7.73. The number of carbonyl (C=O) groups excluding carboxylic acids is 2. The van der Waals surface area contributed by atoms with E-state index in [0.717, 1.165) is 10.3 Å². The summed E-state index contributed by atoms with van der Waals surface area (Å²) >= 11 is 0. The molecule has 1 aliphatic heterocycles. The Morgan fingerprint density at radius 3 is 2.60 bits per heavy atom. The van der Waals surface area contributed by atoms with Gasteiger partial charge in [0, 0.05) is 16.5 Å². The van der Waals surface area contributed by atoms with E-state index in [1.54, 1.807) is 18.2 Å². The molecular formula is C19H13NO5. The Bertz CT molecular complexity index is 1020. The minimum Gasteiger partial charge on any atom is -0.508 e. The summed E-state index contributed by atoms with van der Waals surface area (Å²) in [5.41, 5.74) is 0.729. The van der Waals surface area contributed by atoms with Crippen LogP contribution < -0.4 is 4.90 Å². The molecule has 0 saturated carbocycles. The first-order chi connectivity index (χ1) is 12.0. The molecule has 2 N–H and O–H groups in total. The molecule has 1 aliphatic carbocycles. The van der Waals surface area contributed by atoms with Gasteiger partial charge in [-0.15, -0.1) is 0 Å². The van der Waals surface area contributed by atoms with Crippen LogP contribution in [0.3, 0.4) is 0 Å². The van der Waals surface area contributed by atoms with Crippen LogP contribution in [0.2, 0.25) is 0 Å². The maximum absolute atomic E-state index is 12.8. The number of carboxylic acid groups (broad SMARTS) is 1. The summed E-state index contributed by atoms with van der Waals surface area (Å²) in [7, 11) is 0. The van der Waals surface area contributed by atoms with Crippen LogP contribution in [-0.4, -0.2) is 28.0 Å². The van der Waals surface area contributed by atoms with Gasteiger partial charge in [0.1, 0.15) is 5.75 Å². The van der Waals surface area contributed by atoms with E-state index in [1.165, 1.54) is 24.3 Å². The second-order valence-corrected chi connectivity index (χ2v) is 6.01. The summed E-state index contributed by atoms with van der Waals surface area (Å²) in [5, 5.41) is 20.3. The highest BCUT2D eigenvalue weighted by molar-refractivity contribution is 6.38. The normalized spacial score (nSPS) is 19.7. The molecule has 0 radical (unpaired) electrons. The van der Waals surface area contributed by atoms with Crippen molar-refractivity contribution in [3.05, 3.63) is 59.7 Å². The summed E-state index contributed by atoms with van der Waals surface area (Å²) in [6.45, 7) is 0. The van der Waals surface area contributed by atoms with Gasteiger partial charge in [-0.05, 0) is 30.0 Å². The van der Waals surface area contributed by atoms with Crippen molar-refractivity contribution in [3.63, 3.8) is 0 Å². The number of nitrogens with zero attached hydrogens (tertiary/aromatic N) is 1. The monoisotopic (exact) mass is 335 g/mol. The minimum absolute atomic E-state index is 0.0285. The van der Waals surface area contributed by atoms with Crippen molar-refractivity contribution < 1.29 is 24.6 Å². The molecule has 2 aromatic rings. The van der Waals surface area contributed by atoms with E-state index in [0.29, 0.717) is 11.1 Å². The lowest BCUT2D eigenvalue weighted by molar-refractivity contribution is -0.140. The van der Waals surface area contributed by atoms with Crippen molar-refractivity contribution in [1.82, 2.24) is 0 Å². The van der Waals surface area contributed by atoms with Crippen LogP contribution in [0.4, 0.5) is 5.69 Å². The number of hydrogen-bond acceptors (Lipinski definition) is 4. The molecule has 1 heterocycles. The number of hydrogen-bond donors (Lipinski definition) is 2. The Kier molecular flexibility index (Phi) is 3.21. The van der Waals surface area contributed by atoms with E-state index in [1.807, 2.05) is 6.07 Å². The molecular weight excluding hydrogens is 322 g/mol. The molecule has 4 rings (SSSR count). The van der Waals surface area contributed by atoms with Gasteiger partial charge < -0.3 is 10.2 Å². The topological polar surface area (TPSA) is 94.9 Å². The molecule has 1 atom stereocenters. The van der Waals surface area contributed by atoms with E-state index in [2.05, 4.69) is 0 Å². The molecule has 1 saturated heterocycles. The molecule has 6 nitrogen and oxygen atoms in total. The van der Waals surface area contributed by atoms with E-state index in [-0.39, 0.29) is 23.3 Å². The van der Waals surface area contributed by atoms with Crippen molar-refractivity contribution >= 4 is 34.2 Å². The number of anilines is 1. The third-order valence-corrected chi connectivity index (χ3v) is 4.50. The first-order valence-corrected chi connectivity index (χ1v) is 7.73. The first kappa shape index (κ1) is 15.1. The number of fused-ring (bicyclic) bond motifs is 2. The minimum atomic E-state index is -1.03. The van der Waals surface area contributed by atoms with Crippen molar-refractivity contribution in [3.8, 4) is 5.75 Å². The molecule has 0 bridgehead atoms. The van der Waals surface area contributed by atoms with Crippen LogP contribution in [0.5, 0.6) is 5.75 Å². The quantitative estimate of drug-likeness (QED) is 0.822. The highest BCUT2D eigenvalue weighted by atomic mass is 16.4. The maximum Gasteiger partial charge on any atom is 0.310 e. The van der Waals surface area contributed by atoms with Gasteiger partial charge in [-0.25, -0.2) is 4.90 Å². The van der Waals surface area contributed by atoms with Gasteiger partial charge in [0.05, 0.1) is 11.6 Å². The predicted molar refractivity (Wildman–Crippen MR) is 90.0 cm³/mol. The number of rotatable bonds is 2. The Morgan fingerprint density at radius 1 is 1.08 bits per heavy atom. The van der Waals surface area contributed by atoms with Gasteiger partial charge in [0.15, 0.2) is 0 Å². The summed E-state index contributed by atoms with van der Waals surface area (Å²) in [4.78, 5) is 37.8. The molecule has 0 spiro atoms. The smallest absolute Gasteiger partial charge is 0.310 e. The summed E-state index contributed by atoms with van der Waals surface area (Å²) in [6, 6.07) is 9.89. The van der Waals surface area contributed by atoms with E-state index < -0.39 is 23.7 Å². The van der Waals surface area contributed by atoms with Crippen LogP contribution in [0.15, 0.2) is 59.7 Å². The van der Waals surface area contributed by atoms with E-state index >= 15 is 0 Å². The second kappa shape index (κ2) is 5.31. The SMILES string of the molecule is O=C(O)C1C=C2C(=O)N(c3cccc4ccc(O)cc34)C(=O)C2=CC1. The highest BCUT2D eigenvalue weighted by Crippen LogP contribution is 2.38. The summed E-state index contributed by atoms with van der Waals surface area (Å²) in [5.74, 6) is -2.83. The second-order valence-electron chi connectivity index (χ2n) is 6.01. The third kappa shape index (κ3) is 2.22. The standard InChI is InChI=1S/C19H13NO5/c21-12-6-4-10-2-1-3-16(14(10)9-12)20-17(22)13-7-5-11(19(24)25)8-15(13)18(20)23/h1-4,6-9,11,21H,5H2,(H,24,25). The predicted octanol–water partition coefficient (Wildman–Crippen LogP) is 2.38. The zero-order chi connectivity index (χ0) is 17.7. The van der Waals surface area contributed by atoms with Crippen LogP contribution in [-0.2, 0) is 14.4 Å². The number of aromatic hydroxyl groups is 1. The van der Waals surface area contributed by atoms with Crippen LogP contribution >= 0.6 is 0 Å². The fraction of sp³-hybridized carbons (Fsp3) is 0.105. The van der Waals surface area contributed by atoms with Gasteiger partial charge in [-0.3, -0.25) is 14.4 Å². The van der Waals surface area contributed by atoms with Crippen molar-refractivity contribution in [1.29, 1.82) is 0 Å². The molecule has 2 aliphatic rings. The third-order valence-electron chi connectivity index (χ3n) is 4.50. The number of phenolic OH excluding ortho intramolecular Hbond substituents is 1. The number of benzene rings is 2. The van der Waals surface area contributed by atoms with Crippen molar-refractivity contribution in [2.24, 2.45) is 5.92 Å². The zero-order valence-electron chi connectivity index (χ0n) is 13.0. The van der Waals surface area contributed by atoms with Gasteiger partial charge in [0.2, 0.25) is 0 Å². The fourth-order valence-corrected chi connectivity index (χ4v) is 3.27. The van der Waals surface area contributed by atoms with Crippen molar-refractivity contribution in [2.45, 2.75) is 6.42 Å². The Balaban J connectivity index is 1.87. The number of carbonyl (C=O) groups is 3. The fourth-order valence-electron chi connectivity index (χ4n) is 3.27. The lowest BCUT2D eigenvalue weighted by Gasteiger charge is -2.16. The molecule has 6 heteroatoms. The number of aliphatic carboxylic acids is 1. The number of carboxylic acids is 1. The average molecular weight is 335 g/mol. The van der Waals surface area contributed by atoms with Crippen LogP contribution in [0, 0.1) is 5.92 Å². The van der Waals surface area contributed by atoms with Gasteiger partial charge in [0.25, 0.3) is 11.8 Å². The lowest BCUT2D eigenvalue weighted by Crippen LogP contribution is -2.29. The molecule has 124 valence electrons. The summed E-state index contributed by atoms with van der Waals surface area (Å²) < 4.78 is 0. The number of imide groups is 1. The highest BCUT2D eigenvalue weighted by Gasteiger charge is 2.42.